The lowest BCUT2D eigenvalue weighted by molar-refractivity contribution is -0.132. The molecule has 0 aliphatic carbocycles. The van der Waals surface area contributed by atoms with Crippen LogP contribution in [-0.2, 0) is 4.79 Å². The van der Waals surface area contributed by atoms with Gasteiger partial charge in [-0.25, -0.2) is 5.43 Å². The fourth-order valence-electron chi connectivity index (χ4n) is 0.874. The summed E-state index contributed by atoms with van der Waals surface area (Å²) in [6.45, 7) is 6.84. The molecule has 1 amide bonds. The highest BCUT2D eigenvalue weighted by atomic mass is 16.2. The summed E-state index contributed by atoms with van der Waals surface area (Å²) in [7, 11) is 0. The van der Waals surface area contributed by atoms with Crippen LogP contribution in [0, 0.1) is 0 Å². The molecule has 0 heterocycles. The van der Waals surface area contributed by atoms with Crippen molar-refractivity contribution in [3.8, 4) is 0 Å². The number of hydrogen-bond acceptors (Lipinski definition) is 3. The number of carbonyl (C=O) groups is 1. The molecule has 0 rings (SSSR count). The van der Waals surface area contributed by atoms with Crippen LogP contribution in [0.5, 0.6) is 0 Å². The Kier molecular flexibility index (Phi) is 5.66. The van der Waals surface area contributed by atoms with E-state index in [0.29, 0.717) is 13.1 Å². The highest BCUT2D eigenvalue weighted by molar-refractivity contribution is 5.72. The molecule has 0 radical (unpaired) electrons. The second-order valence-electron chi connectivity index (χ2n) is 3.10. The van der Waals surface area contributed by atoms with E-state index < -0.39 is 0 Å². The maximum atomic E-state index is 11.0. The normalized spacial score (nSPS) is 10.4. The maximum absolute atomic E-state index is 11.0. The Balaban J connectivity index is 3.78. The molecular formula is C8H19N3O. The largest absolute Gasteiger partial charge is 0.330 e. The van der Waals surface area contributed by atoms with E-state index in [1.807, 2.05) is 13.8 Å². The van der Waals surface area contributed by atoms with Gasteiger partial charge < -0.3 is 5.73 Å². The number of rotatable bonds is 5. The molecule has 0 saturated carbocycles. The third-order valence-corrected chi connectivity index (χ3v) is 1.38. The molecule has 12 heavy (non-hydrogen) atoms. The van der Waals surface area contributed by atoms with Crippen LogP contribution < -0.4 is 11.2 Å². The molecule has 4 nitrogen and oxygen atoms in total. The van der Waals surface area contributed by atoms with Crippen LogP contribution >= 0.6 is 0 Å². The molecule has 0 aliphatic heterocycles. The van der Waals surface area contributed by atoms with Gasteiger partial charge in [-0.15, -0.1) is 0 Å². The summed E-state index contributed by atoms with van der Waals surface area (Å²) in [6, 6.07) is 0.284. The van der Waals surface area contributed by atoms with Crippen LogP contribution in [0.3, 0.4) is 0 Å². The van der Waals surface area contributed by atoms with Crippen molar-refractivity contribution >= 4 is 5.91 Å². The molecule has 0 aliphatic rings. The SMILES string of the molecule is CC(=O)N(CCCN)NC(C)C. The molecule has 4 heteroatoms. The summed E-state index contributed by atoms with van der Waals surface area (Å²) in [4.78, 5) is 11.0. The van der Waals surface area contributed by atoms with Gasteiger partial charge in [0.1, 0.15) is 0 Å². The molecule has 0 saturated heterocycles. The van der Waals surface area contributed by atoms with E-state index in [9.17, 15) is 4.79 Å². The average Bonchev–Trinajstić information content (AvgIpc) is 1.96. The highest BCUT2D eigenvalue weighted by Gasteiger charge is 2.07. The molecule has 0 fully saturated rings. The number of amides is 1. The third kappa shape index (κ3) is 5.09. The Labute approximate surface area is 74.1 Å². The maximum Gasteiger partial charge on any atom is 0.233 e. The Hall–Kier alpha value is -0.610. The van der Waals surface area contributed by atoms with E-state index in [-0.39, 0.29) is 11.9 Å². The summed E-state index contributed by atoms with van der Waals surface area (Å²) in [5, 5.41) is 1.61. The van der Waals surface area contributed by atoms with Gasteiger partial charge in [-0.05, 0) is 26.8 Å². The molecule has 0 aromatic carbocycles. The molecular weight excluding hydrogens is 154 g/mol. The summed E-state index contributed by atoms with van der Waals surface area (Å²) >= 11 is 0. The zero-order valence-corrected chi connectivity index (χ0v) is 8.13. The molecule has 0 bridgehead atoms. The smallest absolute Gasteiger partial charge is 0.233 e. The molecule has 0 aromatic rings. The van der Waals surface area contributed by atoms with Gasteiger partial charge in [0.15, 0.2) is 0 Å². The Morgan fingerprint density at radius 2 is 2.17 bits per heavy atom. The number of nitrogens with zero attached hydrogens (tertiary/aromatic N) is 1. The average molecular weight is 173 g/mol. The first-order valence-corrected chi connectivity index (χ1v) is 4.32. The molecule has 0 atom stereocenters. The quantitative estimate of drug-likeness (QED) is 0.580. The van der Waals surface area contributed by atoms with Crippen molar-refractivity contribution in [1.82, 2.24) is 10.4 Å². The molecule has 0 spiro atoms. The van der Waals surface area contributed by atoms with E-state index in [0.717, 1.165) is 6.42 Å². The van der Waals surface area contributed by atoms with Gasteiger partial charge in [0, 0.05) is 19.5 Å². The summed E-state index contributed by atoms with van der Waals surface area (Å²) in [5.74, 6) is 0.0390. The fourth-order valence-corrected chi connectivity index (χ4v) is 0.874. The van der Waals surface area contributed by atoms with Gasteiger partial charge in [-0.2, -0.15) is 0 Å². The van der Waals surface area contributed by atoms with Crippen molar-refractivity contribution in [2.24, 2.45) is 5.73 Å². The van der Waals surface area contributed by atoms with Crippen molar-refractivity contribution in [2.45, 2.75) is 33.2 Å². The second kappa shape index (κ2) is 5.97. The number of hydrazine groups is 1. The van der Waals surface area contributed by atoms with Crippen molar-refractivity contribution in [3.05, 3.63) is 0 Å². The molecule has 72 valence electrons. The Morgan fingerprint density at radius 3 is 2.50 bits per heavy atom. The van der Waals surface area contributed by atoms with Gasteiger partial charge >= 0.3 is 0 Å². The summed E-state index contributed by atoms with van der Waals surface area (Å²) < 4.78 is 0. The van der Waals surface area contributed by atoms with Crippen molar-refractivity contribution in [2.75, 3.05) is 13.1 Å². The van der Waals surface area contributed by atoms with Crippen molar-refractivity contribution < 1.29 is 4.79 Å². The van der Waals surface area contributed by atoms with Crippen molar-refractivity contribution in [3.63, 3.8) is 0 Å². The summed E-state index contributed by atoms with van der Waals surface area (Å²) in [5.41, 5.74) is 8.38. The van der Waals surface area contributed by atoms with Gasteiger partial charge in [-0.3, -0.25) is 9.80 Å². The molecule has 3 N–H and O–H groups in total. The first-order chi connectivity index (χ1) is 5.57. The van der Waals surface area contributed by atoms with Crippen LogP contribution in [0.15, 0.2) is 0 Å². The van der Waals surface area contributed by atoms with E-state index in [2.05, 4.69) is 5.43 Å². The zero-order valence-electron chi connectivity index (χ0n) is 8.13. The van der Waals surface area contributed by atoms with Crippen LogP contribution in [0.4, 0.5) is 0 Å². The number of nitrogens with two attached hydrogens (primary N) is 1. The lowest BCUT2D eigenvalue weighted by Crippen LogP contribution is -2.46. The number of carbonyl (C=O) groups excluding carboxylic acids is 1. The molecule has 0 unspecified atom stereocenters. The van der Waals surface area contributed by atoms with Crippen LogP contribution in [0.1, 0.15) is 27.2 Å². The van der Waals surface area contributed by atoms with Crippen molar-refractivity contribution in [1.29, 1.82) is 0 Å². The van der Waals surface area contributed by atoms with Gasteiger partial charge in [0.2, 0.25) is 5.91 Å². The predicted octanol–water partition coefficient (Wildman–Crippen LogP) is 0.0967. The van der Waals surface area contributed by atoms with E-state index in [4.69, 9.17) is 5.73 Å². The van der Waals surface area contributed by atoms with Gasteiger partial charge in [0.25, 0.3) is 0 Å². The zero-order chi connectivity index (χ0) is 9.56. The monoisotopic (exact) mass is 173 g/mol. The molecule has 0 aromatic heterocycles. The van der Waals surface area contributed by atoms with Gasteiger partial charge in [0.05, 0.1) is 0 Å². The minimum absolute atomic E-state index is 0.0390. The second-order valence-corrected chi connectivity index (χ2v) is 3.10. The predicted molar refractivity (Wildman–Crippen MR) is 49.3 cm³/mol. The van der Waals surface area contributed by atoms with Gasteiger partial charge in [-0.1, -0.05) is 0 Å². The minimum atomic E-state index is 0.0390. The first-order valence-electron chi connectivity index (χ1n) is 4.32. The third-order valence-electron chi connectivity index (χ3n) is 1.38. The van der Waals surface area contributed by atoms with Crippen LogP contribution in [-0.4, -0.2) is 30.0 Å². The van der Waals surface area contributed by atoms with E-state index >= 15 is 0 Å². The highest BCUT2D eigenvalue weighted by Crippen LogP contribution is 1.89. The van der Waals surface area contributed by atoms with E-state index in [1.165, 1.54) is 0 Å². The standard InChI is InChI=1S/C8H19N3O/c1-7(2)10-11(8(3)12)6-4-5-9/h7,10H,4-6,9H2,1-3H3. The van der Waals surface area contributed by atoms with Crippen LogP contribution in [0.2, 0.25) is 0 Å². The fraction of sp³-hybridized carbons (Fsp3) is 0.875. The minimum Gasteiger partial charge on any atom is -0.330 e. The number of hydrogen-bond donors (Lipinski definition) is 2. The summed E-state index contributed by atoms with van der Waals surface area (Å²) in [6.07, 6.45) is 0.833. The lowest BCUT2D eigenvalue weighted by Gasteiger charge is -2.24. The Bertz CT molecular complexity index is 136. The topological polar surface area (TPSA) is 58.4 Å². The first kappa shape index (κ1) is 11.4. The van der Waals surface area contributed by atoms with Crippen LogP contribution in [0.25, 0.3) is 0 Å². The van der Waals surface area contributed by atoms with E-state index in [1.54, 1.807) is 11.9 Å². The lowest BCUT2D eigenvalue weighted by atomic mass is 10.4. The number of nitrogens with one attached hydrogen (secondary N) is 1. The Morgan fingerprint density at radius 1 is 1.58 bits per heavy atom.